The van der Waals surface area contributed by atoms with Crippen LogP contribution >= 0.6 is 0 Å². The van der Waals surface area contributed by atoms with Crippen molar-refractivity contribution in [2.75, 3.05) is 10.5 Å². The molecule has 2 N–H and O–H groups in total. The van der Waals surface area contributed by atoms with Crippen LogP contribution in [0, 0.1) is 6.92 Å². The van der Waals surface area contributed by atoms with Crippen LogP contribution in [0.1, 0.15) is 28.7 Å². The lowest BCUT2D eigenvalue weighted by molar-refractivity contribution is 0.0951. The molecule has 0 atom stereocenters. The Morgan fingerprint density at radius 1 is 1.11 bits per heavy atom. The molecule has 0 radical (unpaired) electrons. The summed E-state index contributed by atoms with van der Waals surface area (Å²) in [7, 11) is -3.34. The quantitative estimate of drug-likeness (QED) is 0.640. The summed E-state index contributed by atoms with van der Waals surface area (Å²) in [5.74, 6) is 0.622. The van der Waals surface area contributed by atoms with Gasteiger partial charge in [-0.05, 0) is 49.7 Å². The van der Waals surface area contributed by atoms with Crippen molar-refractivity contribution in [1.82, 2.24) is 14.9 Å². The van der Waals surface area contributed by atoms with Gasteiger partial charge in [-0.1, -0.05) is 18.2 Å². The van der Waals surface area contributed by atoms with Crippen LogP contribution in [0.2, 0.25) is 0 Å². The molecular weight excluding hydrogens is 376 g/mol. The van der Waals surface area contributed by atoms with Crippen LogP contribution < -0.4 is 10.0 Å². The van der Waals surface area contributed by atoms with Gasteiger partial charge < -0.3 is 9.88 Å². The molecule has 0 saturated heterocycles. The summed E-state index contributed by atoms with van der Waals surface area (Å²) >= 11 is 0. The fourth-order valence-corrected chi connectivity index (χ4v) is 3.39. The van der Waals surface area contributed by atoms with Gasteiger partial charge in [-0.15, -0.1) is 0 Å². The molecule has 2 aromatic carbocycles. The van der Waals surface area contributed by atoms with Crippen LogP contribution in [0.4, 0.5) is 5.69 Å². The third-order valence-electron chi connectivity index (χ3n) is 4.32. The number of anilines is 1. The van der Waals surface area contributed by atoms with Crippen molar-refractivity contribution in [3.63, 3.8) is 0 Å². The zero-order valence-corrected chi connectivity index (χ0v) is 16.5. The molecule has 3 rings (SSSR count). The van der Waals surface area contributed by atoms with E-state index in [9.17, 15) is 13.2 Å². The Bertz CT molecular complexity index is 1070. The largest absolute Gasteiger partial charge is 0.348 e. The molecule has 146 valence electrons. The average molecular weight is 398 g/mol. The summed E-state index contributed by atoms with van der Waals surface area (Å²) in [6, 6.07) is 14.1. The van der Waals surface area contributed by atoms with Crippen molar-refractivity contribution in [3.05, 3.63) is 77.9 Å². The van der Waals surface area contributed by atoms with Crippen molar-refractivity contribution < 1.29 is 13.2 Å². The Kier molecular flexibility index (Phi) is 5.79. The molecule has 0 unspecified atom stereocenters. The minimum atomic E-state index is -3.34. The Hall–Kier alpha value is -3.13. The number of amides is 1. The third-order valence-corrected chi connectivity index (χ3v) is 5.62. The summed E-state index contributed by atoms with van der Waals surface area (Å²) in [5.41, 5.74) is 2.81. The third kappa shape index (κ3) is 4.58. The number of aromatic nitrogens is 2. The number of hydrogen-bond acceptors (Lipinski definition) is 4. The number of hydrogen-bond donors (Lipinski definition) is 2. The first-order chi connectivity index (χ1) is 13.4. The van der Waals surface area contributed by atoms with Gasteiger partial charge in [0.2, 0.25) is 10.0 Å². The zero-order valence-electron chi connectivity index (χ0n) is 15.7. The maximum Gasteiger partial charge on any atom is 0.251 e. The molecule has 1 heterocycles. The number of carbonyl (C=O) groups excluding carboxylic acids is 1. The van der Waals surface area contributed by atoms with Crippen molar-refractivity contribution in [2.45, 2.75) is 20.4 Å². The summed E-state index contributed by atoms with van der Waals surface area (Å²) in [6.07, 6.45) is 3.62. The number of nitrogens with zero attached hydrogens (tertiary/aromatic N) is 2. The Morgan fingerprint density at radius 2 is 1.82 bits per heavy atom. The van der Waals surface area contributed by atoms with Crippen molar-refractivity contribution in [1.29, 1.82) is 0 Å². The zero-order chi connectivity index (χ0) is 20.1. The monoisotopic (exact) mass is 398 g/mol. The number of carbonyl (C=O) groups is 1. The van der Waals surface area contributed by atoms with Gasteiger partial charge in [-0.3, -0.25) is 9.52 Å². The molecule has 0 aliphatic carbocycles. The summed E-state index contributed by atoms with van der Waals surface area (Å²) in [4.78, 5) is 16.7. The van der Waals surface area contributed by atoms with Crippen LogP contribution in [0.15, 0.2) is 60.9 Å². The molecular formula is C20H22N4O3S. The highest BCUT2D eigenvalue weighted by Gasteiger charge is 2.11. The van der Waals surface area contributed by atoms with E-state index in [0.29, 0.717) is 17.8 Å². The lowest BCUT2D eigenvalue weighted by Gasteiger charge is -2.13. The number of aryl methyl sites for hydroxylation is 1. The fraction of sp³-hybridized carbons (Fsp3) is 0.200. The first kappa shape index (κ1) is 19.6. The van der Waals surface area contributed by atoms with Gasteiger partial charge in [0.25, 0.3) is 5.91 Å². The second kappa shape index (κ2) is 8.26. The Balaban J connectivity index is 1.69. The first-order valence-corrected chi connectivity index (χ1v) is 10.5. The molecule has 0 saturated carbocycles. The highest BCUT2D eigenvalue weighted by Crippen LogP contribution is 2.17. The summed E-state index contributed by atoms with van der Waals surface area (Å²) < 4.78 is 27.6. The van der Waals surface area contributed by atoms with E-state index in [1.165, 1.54) is 0 Å². The number of para-hydroxylation sites is 1. The highest BCUT2D eigenvalue weighted by molar-refractivity contribution is 7.92. The van der Waals surface area contributed by atoms with Gasteiger partial charge in [0, 0.05) is 30.2 Å². The lowest BCUT2D eigenvalue weighted by atomic mass is 10.1. The standard InChI is InChI=1S/C20H22N4O3S/c1-3-28(26,27)23-18-10-8-16(9-11-18)20(25)22-14-17-6-4-5-7-19(17)24-13-12-21-15(24)2/h4-13,23H,3,14H2,1-2H3,(H,22,25). The Labute approximate surface area is 164 Å². The molecule has 3 aromatic rings. The minimum Gasteiger partial charge on any atom is -0.348 e. The number of sulfonamides is 1. The number of benzene rings is 2. The van der Waals surface area contributed by atoms with Gasteiger partial charge in [0.05, 0.1) is 11.4 Å². The van der Waals surface area contributed by atoms with Gasteiger partial charge in [0.1, 0.15) is 5.82 Å². The SMILES string of the molecule is CCS(=O)(=O)Nc1ccc(C(=O)NCc2ccccc2-n2ccnc2C)cc1. The molecule has 7 nitrogen and oxygen atoms in total. The van der Waals surface area contributed by atoms with Crippen LogP contribution in [-0.2, 0) is 16.6 Å². The molecule has 0 bridgehead atoms. The fourth-order valence-electron chi connectivity index (χ4n) is 2.75. The van der Waals surface area contributed by atoms with Crippen molar-refractivity contribution in [3.8, 4) is 5.69 Å². The Morgan fingerprint density at radius 3 is 2.46 bits per heavy atom. The lowest BCUT2D eigenvalue weighted by Crippen LogP contribution is -2.23. The van der Waals surface area contributed by atoms with E-state index >= 15 is 0 Å². The second-order valence-corrected chi connectivity index (χ2v) is 8.25. The molecule has 1 aromatic heterocycles. The normalized spacial score (nSPS) is 11.2. The molecule has 0 spiro atoms. The van der Waals surface area contributed by atoms with Gasteiger partial charge >= 0.3 is 0 Å². The summed E-state index contributed by atoms with van der Waals surface area (Å²) in [6.45, 7) is 3.84. The van der Waals surface area contributed by atoms with Gasteiger partial charge in [0.15, 0.2) is 0 Å². The second-order valence-electron chi connectivity index (χ2n) is 6.24. The number of nitrogens with one attached hydrogen (secondary N) is 2. The molecule has 8 heteroatoms. The van der Waals surface area contributed by atoms with E-state index in [0.717, 1.165) is 17.1 Å². The van der Waals surface area contributed by atoms with Crippen LogP contribution in [0.25, 0.3) is 5.69 Å². The maximum atomic E-state index is 12.5. The minimum absolute atomic E-state index is 0.00889. The van der Waals surface area contributed by atoms with Gasteiger partial charge in [-0.2, -0.15) is 0 Å². The van der Waals surface area contributed by atoms with Crippen LogP contribution in [0.3, 0.4) is 0 Å². The molecule has 28 heavy (non-hydrogen) atoms. The predicted molar refractivity (Wildman–Crippen MR) is 109 cm³/mol. The number of imidazole rings is 1. The first-order valence-electron chi connectivity index (χ1n) is 8.86. The smallest absolute Gasteiger partial charge is 0.251 e. The van der Waals surface area contributed by atoms with E-state index < -0.39 is 10.0 Å². The van der Waals surface area contributed by atoms with E-state index in [-0.39, 0.29) is 11.7 Å². The van der Waals surface area contributed by atoms with E-state index in [2.05, 4.69) is 15.0 Å². The molecule has 0 aliphatic heterocycles. The average Bonchev–Trinajstić information content (AvgIpc) is 3.12. The van der Waals surface area contributed by atoms with Crippen LogP contribution in [0.5, 0.6) is 0 Å². The maximum absolute atomic E-state index is 12.5. The van der Waals surface area contributed by atoms with Crippen LogP contribution in [-0.4, -0.2) is 29.6 Å². The topological polar surface area (TPSA) is 93.1 Å². The molecule has 0 fully saturated rings. The van der Waals surface area contributed by atoms with E-state index in [1.807, 2.05) is 42.0 Å². The van der Waals surface area contributed by atoms with E-state index in [1.54, 1.807) is 37.4 Å². The molecule has 1 amide bonds. The van der Waals surface area contributed by atoms with Crippen molar-refractivity contribution >= 4 is 21.6 Å². The predicted octanol–water partition coefficient (Wildman–Crippen LogP) is 2.87. The van der Waals surface area contributed by atoms with E-state index in [4.69, 9.17) is 0 Å². The highest BCUT2D eigenvalue weighted by atomic mass is 32.2. The summed E-state index contributed by atoms with van der Waals surface area (Å²) in [5, 5.41) is 2.90. The number of rotatable bonds is 7. The van der Waals surface area contributed by atoms with Gasteiger partial charge in [-0.25, -0.2) is 13.4 Å². The van der Waals surface area contributed by atoms with Crippen molar-refractivity contribution in [2.24, 2.45) is 0 Å². The molecule has 0 aliphatic rings.